The Morgan fingerprint density at radius 3 is 3.00 bits per heavy atom. The summed E-state index contributed by atoms with van der Waals surface area (Å²) in [6.07, 6.45) is 0.490. The number of methoxy groups -OCH3 is 1. The standard InChI is InChI=1S/C12H12N2O3S/c1-17-9-4-2-3-8(7-9)12-14-13-10(18-12)5-6-11(15)16/h2-4,7H,5-6H2,1H3,(H,15,16). The van der Waals surface area contributed by atoms with Gasteiger partial charge in [-0.3, -0.25) is 4.79 Å². The summed E-state index contributed by atoms with van der Waals surface area (Å²) in [6.45, 7) is 0. The normalized spacial score (nSPS) is 10.3. The number of aromatic nitrogens is 2. The van der Waals surface area contributed by atoms with Crippen molar-refractivity contribution in [3.05, 3.63) is 29.3 Å². The fourth-order valence-electron chi connectivity index (χ4n) is 1.44. The van der Waals surface area contributed by atoms with E-state index >= 15 is 0 Å². The van der Waals surface area contributed by atoms with E-state index in [1.165, 1.54) is 11.3 Å². The highest BCUT2D eigenvalue weighted by Crippen LogP contribution is 2.26. The van der Waals surface area contributed by atoms with Crippen LogP contribution in [0.15, 0.2) is 24.3 Å². The third-order valence-corrected chi connectivity index (χ3v) is 3.37. The van der Waals surface area contributed by atoms with E-state index in [1.807, 2.05) is 24.3 Å². The van der Waals surface area contributed by atoms with E-state index in [0.717, 1.165) is 21.3 Å². The SMILES string of the molecule is COc1cccc(-c2nnc(CCC(=O)O)s2)c1. The summed E-state index contributed by atoms with van der Waals surface area (Å²) in [4.78, 5) is 10.5. The van der Waals surface area contributed by atoms with Crippen molar-refractivity contribution >= 4 is 17.3 Å². The third kappa shape index (κ3) is 3.04. The smallest absolute Gasteiger partial charge is 0.303 e. The predicted octanol–water partition coefficient (Wildman–Crippen LogP) is 2.23. The van der Waals surface area contributed by atoms with Crippen LogP contribution in [0.25, 0.3) is 10.6 Å². The van der Waals surface area contributed by atoms with Crippen LogP contribution >= 0.6 is 11.3 Å². The number of aliphatic carboxylic acids is 1. The molecule has 0 aliphatic heterocycles. The van der Waals surface area contributed by atoms with Gasteiger partial charge in [-0.25, -0.2) is 0 Å². The van der Waals surface area contributed by atoms with Crippen LogP contribution in [-0.2, 0) is 11.2 Å². The summed E-state index contributed by atoms with van der Waals surface area (Å²) in [5.74, 6) is -0.0667. The highest BCUT2D eigenvalue weighted by Gasteiger charge is 2.08. The molecule has 0 aliphatic rings. The van der Waals surface area contributed by atoms with Crippen molar-refractivity contribution in [3.63, 3.8) is 0 Å². The van der Waals surface area contributed by atoms with Gasteiger partial charge in [0.2, 0.25) is 0 Å². The lowest BCUT2D eigenvalue weighted by Gasteiger charge is -2.00. The molecule has 6 heteroatoms. The quantitative estimate of drug-likeness (QED) is 0.896. The van der Waals surface area contributed by atoms with Crippen molar-refractivity contribution in [1.82, 2.24) is 10.2 Å². The molecule has 0 aliphatic carbocycles. The van der Waals surface area contributed by atoms with Gasteiger partial charge < -0.3 is 9.84 Å². The van der Waals surface area contributed by atoms with Gasteiger partial charge in [0.05, 0.1) is 13.5 Å². The zero-order valence-electron chi connectivity index (χ0n) is 9.79. The largest absolute Gasteiger partial charge is 0.497 e. The molecule has 1 heterocycles. The number of carboxylic acid groups (broad SMARTS) is 1. The molecule has 0 amide bonds. The van der Waals surface area contributed by atoms with Crippen LogP contribution in [0.4, 0.5) is 0 Å². The molecule has 18 heavy (non-hydrogen) atoms. The van der Waals surface area contributed by atoms with Gasteiger partial charge in [-0.2, -0.15) is 0 Å². The summed E-state index contributed by atoms with van der Waals surface area (Å²) in [5.41, 5.74) is 0.924. The molecular formula is C12H12N2O3S. The van der Waals surface area contributed by atoms with Gasteiger partial charge in [0, 0.05) is 12.0 Å². The number of aryl methyl sites for hydroxylation is 1. The van der Waals surface area contributed by atoms with Crippen molar-refractivity contribution < 1.29 is 14.6 Å². The fraction of sp³-hybridized carbons (Fsp3) is 0.250. The van der Waals surface area contributed by atoms with E-state index < -0.39 is 5.97 Å². The number of carboxylic acids is 1. The summed E-state index contributed by atoms with van der Waals surface area (Å²) in [5, 5.41) is 18.2. The second-order valence-electron chi connectivity index (χ2n) is 3.63. The van der Waals surface area contributed by atoms with Crippen molar-refractivity contribution in [2.75, 3.05) is 7.11 Å². The number of hydrogen-bond donors (Lipinski definition) is 1. The van der Waals surface area contributed by atoms with Crippen LogP contribution in [0.3, 0.4) is 0 Å². The van der Waals surface area contributed by atoms with Crippen molar-refractivity contribution in [2.24, 2.45) is 0 Å². The summed E-state index contributed by atoms with van der Waals surface area (Å²) in [7, 11) is 1.61. The van der Waals surface area contributed by atoms with Gasteiger partial charge in [0.25, 0.3) is 0 Å². The van der Waals surface area contributed by atoms with Crippen LogP contribution in [0, 0.1) is 0 Å². The molecule has 0 atom stereocenters. The maximum atomic E-state index is 10.5. The van der Waals surface area contributed by atoms with Gasteiger partial charge in [-0.15, -0.1) is 10.2 Å². The molecule has 0 radical (unpaired) electrons. The molecule has 94 valence electrons. The minimum absolute atomic E-state index is 0.0761. The highest BCUT2D eigenvalue weighted by molar-refractivity contribution is 7.14. The minimum Gasteiger partial charge on any atom is -0.497 e. The van der Waals surface area contributed by atoms with Crippen LogP contribution < -0.4 is 4.74 Å². The van der Waals surface area contributed by atoms with E-state index in [4.69, 9.17) is 9.84 Å². The van der Waals surface area contributed by atoms with Gasteiger partial charge in [0.1, 0.15) is 15.8 Å². The molecule has 0 fully saturated rings. The lowest BCUT2D eigenvalue weighted by Crippen LogP contribution is -1.96. The maximum Gasteiger partial charge on any atom is 0.303 e. The topological polar surface area (TPSA) is 72.3 Å². The first-order chi connectivity index (χ1) is 8.69. The molecule has 2 aromatic rings. The fourth-order valence-corrected chi connectivity index (χ4v) is 2.28. The number of carbonyl (C=O) groups is 1. The van der Waals surface area contributed by atoms with Gasteiger partial charge in [-0.05, 0) is 12.1 Å². The Balaban J connectivity index is 2.15. The van der Waals surface area contributed by atoms with Gasteiger partial charge >= 0.3 is 5.97 Å². The van der Waals surface area contributed by atoms with Crippen LogP contribution in [0.5, 0.6) is 5.75 Å². The minimum atomic E-state index is -0.826. The van der Waals surface area contributed by atoms with Gasteiger partial charge in [-0.1, -0.05) is 23.5 Å². The highest BCUT2D eigenvalue weighted by atomic mass is 32.1. The third-order valence-electron chi connectivity index (χ3n) is 2.34. The molecule has 2 rings (SSSR count). The molecule has 0 bridgehead atoms. The number of ether oxygens (including phenoxy) is 1. The number of hydrogen-bond acceptors (Lipinski definition) is 5. The maximum absolute atomic E-state index is 10.5. The number of rotatable bonds is 5. The Morgan fingerprint density at radius 2 is 2.28 bits per heavy atom. The molecule has 1 aromatic heterocycles. The Morgan fingerprint density at radius 1 is 1.44 bits per heavy atom. The number of benzene rings is 1. The molecule has 0 unspecified atom stereocenters. The zero-order valence-corrected chi connectivity index (χ0v) is 10.6. The summed E-state index contributed by atoms with van der Waals surface area (Å²) in [6, 6.07) is 7.54. The lowest BCUT2D eigenvalue weighted by molar-refractivity contribution is -0.136. The molecule has 0 saturated heterocycles. The molecule has 0 saturated carbocycles. The molecule has 1 N–H and O–H groups in total. The first-order valence-corrected chi connectivity index (χ1v) is 6.19. The zero-order chi connectivity index (χ0) is 13.0. The second kappa shape index (κ2) is 5.59. The van der Waals surface area contributed by atoms with E-state index in [9.17, 15) is 4.79 Å². The van der Waals surface area contributed by atoms with Crippen LogP contribution in [0.1, 0.15) is 11.4 Å². The Kier molecular flexibility index (Phi) is 3.88. The van der Waals surface area contributed by atoms with Crippen LogP contribution in [-0.4, -0.2) is 28.4 Å². The Labute approximate surface area is 108 Å². The first-order valence-electron chi connectivity index (χ1n) is 5.37. The lowest BCUT2D eigenvalue weighted by atomic mass is 10.2. The van der Waals surface area contributed by atoms with E-state index in [2.05, 4.69) is 10.2 Å². The Hall–Kier alpha value is -1.95. The first kappa shape index (κ1) is 12.5. The molecule has 5 nitrogen and oxygen atoms in total. The average Bonchev–Trinajstić information content (AvgIpc) is 2.85. The van der Waals surface area contributed by atoms with E-state index in [1.54, 1.807) is 7.11 Å². The Bertz CT molecular complexity index is 554. The van der Waals surface area contributed by atoms with Gasteiger partial charge in [0.15, 0.2) is 0 Å². The van der Waals surface area contributed by atoms with Crippen molar-refractivity contribution in [2.45, 2.75) is 12.8 Å². The number of nitrogens with zero attached hydrogens (tertiary/aromatic N) is 2. The summed E-state index contributed by atoms with van der Waals surface area (Å²) < 4.78 is 5.14. The average molecular weight is 264 g/mol. The van der Waals surface area contributed by atoms with Crippen molar-refractivity contribution in [1.29, 1.82) is 0 Å². The summed E-state index contributed by atoms with van der Waals surface area (Å²) >= 11 is 1.41. The van der Waals surface area contributed by atoms with E-state index in [-0.39, 0.29) is 6.42 Å². The molecule has 1 aromatic carbocycles. The predicted molar refractivity (Wildman–Crippen MR) is 67.9 cm³/mol. The van der Waals surface area contributed by atoms with Crippen molar-refractivity contribution in [3.8, 4) is 16.3 Å². The van der Waals surface area contributed by atoms with E-state index in [0.29, 0.717) is 6.42 Å². The second-order valence-corrected chi connectivity index (χ2v) is 4.69. The van der Waals surface area contributed by atoms with Crippen LogP contribution in [0.2, 0.25) is 0 Å². The molecular weight excluding hydrogens is 252 g/mol. The molecule has 0 spiro atoms. The monoisotopic (exact) mass is 264 g/mol.